The second-order valence-corrected chi connectivity index (χ2v) is 4.05. The van der Waals surface area contributed by atoms with Gasteiger partial charge in [-0.2, -0.15) is 0 Å². The molecule has 9 heteroatoms. The van der Waals surface area contributed by atoms with Crippen LogP contribution in [0.3, 0.4) is 0 Å². The molecule has 0 saturated carbocycles. The number of halogens is 1. The Kier molecular flexibility index (Phi) is 3.42. The van der Waals surface area contributed by atoms with Crippen molar-refractivity contribution in [2.24, 2.45) is 0 Å². The Balaban J connectivity index is 2.33. The minimum atomic E-state index is -0.959. The van der Waals surface area contributed by atoms with Crippen LogP contribution in [0.2, 0.25) is 0 Å². The van der Waals surface area contributed by atoms with E-state index in [2.05, 4.69) is 0 Å². The predicted molar refractivity (Wildman–Crippen MR) is 62.1 cm³/mol. The maximum Gasteiger partial charge on any atom is 0.270 e. The Morgan fingerprint density at radius 3 is 2.45 bits per heavy atom. The van der Waals surface area contributed by atoms with Crippen LogP contribution in [0.4, 0.5) is 10.1 Å². The number of non-ortho nitro benzene ring substituents is 1. The van der Waals surface area contributed by atoms with Crippen LogP contribution in [0.5, 0.6) is 0 Å². The first-order valence-electron chi connectivity index (χ1n) is 5.44. The van der Waals surface area contributed by atoms with Gasteiger partial charge in [-0.05, 0) is 6.07 Å². The summed E-state index contributed by atoms with van der Waals surface area (Å²) in [5, 5.41) is 12.6. The van der Waals surface area contributed by atoms with Crippen LogP contribution in [-0.4, -0.2) is 40.6 Å². The average molecular weight is 281 g/mol. The number of nitrogens with one attached hydrogen (secondary N) is 1. The quantitative estimate of drug-likeness (QED) is 0.460. The fourth-order valence-corrected chi connectivity index (χ4v) is 1.74. The number of hydrogen-bond acceptors (Lipinski definition) is 5. The van der Waals surface area contributed by atoms with Crippen LogP contribution in [0.1, 0.15) is 10.4 Å². The lowest BCUT2D eigenvalue weighted by Gasteiger charge is -2.25. The fraction of sp³-hybridized carbons (Fsp3) is 0.182. The molecule has 0 aliphatic carbocycles. The summed E-state index contributed by atoms with van der Waals surface area (Å²) in [5.41, 5.74) is -1.01. The molecule has 0 radical (unpaired) electrons. The van der Waals surface area contributed by atoms with E-state index < -0.39 is 52.8 Å². The van der Waals surface area contributed by atoms with E-state index in [-0.39, 0.29) is 0 Å². The Morgan fingerprint density at radius 2 is 1.90 bits per heavy atom. The van der Waals surface area contributed by atoms with Crippen molar-refractivity contribution in [2.45, 2.75) is 0 Å². The minimum Gasteiger partial charge on any atom is -0.320 e. The van der Waals surface area contributed by atoms with E-state index in [4.69, 9.17) is 0 Å². The van der Waals surface area contributed by atoms with Crippen molar-refractivity contribution in [2.75, 3.05) is 13.1 Å². The van der Waals surface area contributed by atoms with Crippen LogP contribution in [0.25, 0.3) is 0 Å². The van der Waals surface area contributed by atoms with E-state index in [1.54, 1.807) is 0 Å². The SMILES string of the molecule is O=C1CN(C(=O)c2cc([N+](=O)[O-])ccc2F)CC(=O)N1. The molecule has 2 rings (SSSR count). The molecule has 1 aliphatic rings. The Bertz CT molecular complexity index is 614. The molecule has 1 aromatic carbocycles. The highest BCUT2D eigenvalue weighted by molar-refractivity contribution is 6.05. The monoisotopic (exact) mass is 281 g/mol. The third kappa shape index (κ3) is 2.60. The van der Waals surface area contributed by atoms with Crippen LogP contribution in [0, 0.1) is 15.9 Å². The lowest BCUT2D eigenvalue weighted by Crippen LogP contribution is -2.53. The predicted octanol–water partition coefficient (Wildman–Crippen LogP) is -0.167. The van der Waals surface area contributed by atoms with Crippen LogP contribution >= 0.6 is 0 Å². The third-order valence-corrected chi connectivity index (χ3v) is 2.63. The van der Waals surface area contributed by atoms with Gasteiger partial charge in [-0.25, -0.2) is 4.39 Å². The second kappa shape index (κ2) is 5.03. The van der Waals surface area contributed by atoms with Gasteiger partial charge < -0.3 is 4.90 Å². The lowest BCUT2D eigenvalue weighted by molar-refractivity contribution is -0.384. The van der Waals surface area contributed by atoms with Crippen LogP contribution in [0.15, 0.2) is 18.2 Å². The van der Waals surface area contributed by atoms with Gasteiger partial charge in [0.15, 0.2) is 0 Å². The molecular weight excluding hydrogens is 273 g/mol. The maximum absolute atomic E-state index is 13.6. The zero-order valence-corrected chi connectivity index (χ0v) is 9.96. The van der Waals surface area contributed by atoms with E-state index >= 15 is 0 Å². The first-order chi connectivity index (χ1) is 9.38. The Labute approximate surface area is 111 Å². The lowest BCUT2D eigenvalue weighted by atomic mass is 10.1. The van der Waals surface area contributed by atoms with E-state index in [0.29, 0.717) is 0 Å². The van der Waals surface area contributed by atoms with E-state index in [9.17, 15) is 28.9 Å². The van der Waals surface area contributed by atoms with Gasteiger partial charge in [0.05, 0.1) is 10.5 Å². The van der Waals surface area contributed by atoms with Gasteiger partial charge in [-0.1, -0.05) is 0 Å². The standard InChI is InChI=1S/C11H8FN3O5/c12-8-2-1-6(15(19)20)3-7(8)11(18)14-4-9(16)13-10(17)5-14/h1-3H,4-5H2,(H,13,16,17). The van der Waals surface area contributed by atoms with Gasteiger partial charge >= 0.3 is 0 Å². The van der Waals surface area contributed by atoms with E-state index in [1.807, 2.05) is 5.32 Å². The van der Waals surface area contributed by atoms with Gasteiger partial charge in [-0.3, -0.25) is 29.8 Å². The summed E-state index contributed by atoms with van der Waals surface area (Å²) in [4.78, 5) is 45.0. The van der Waals surface area contributed by atoms with Gasteiger partial charge in [-0.15, -0.1) is 0 Å². The molecule has 1 heterocycles. The molecule has 1 fully saturated rings. The van der Waals surface area contributed by atoms with Crippen molar-refractivity contribution < 1.29 is 23.7 Å². The number of carbonyl (C=O) groups is 3. The summed E-state index contributed by atoms with van der Waals surface area (Å²) in [6.07, 6.45) is 0. The van der Waals surface area contributed by atoms with Crippen molar-refractivity contribution in [3.63, 3.8) is 0 Å². The number of rotatable bonds is 2. The van der Waals surface area contributed by atoms with Crippen LogP contribution in [-0.2, 0) is 9.59 Å². The van der Waals surface area contributed by atoms with Crippen molar-refractivity contribution in [3.05, 3.63) is 39.7 Å². The van der Waals surface area contributed by atoms with Gasteiger partial charge in [0.1, 0.15) is 18.9 Å². The Morgan fingerprint density at radius 1 is 1.30 bits per heavy atom. The first-order valence-corrected chi connectivity index (χ1v) is 5.44. The molecule has 0 spiro atoms. The highest BCUT2D eigenvalue weighted by atomic mass is 19.1. The second-order valence-electron chi connectivity index (χ2n) is 4.05. The normalized spacial score (nSPS) is 14.9. The summed E-state index contributed by atoms with van der Waals surface area (Å²) < 4.78 is 13.6. The van der Waals surface area contributed by atoms with Gasteiger partial charge in [0.2, 0.25) is 11.8 Å². The largest absolute Gasteiger partial charge is 0.320 e. The molecule has 3 amide bonds. The number of amides is 3. The summed E-state index contributed by atoms with van der Waals surface area (Å²) in [6.45, 7) is -0.820. The molecule has 8 nitrogen and oxygen atoms in total. The zero-order valence-electron chi connectivity index (χ0n) is 9.96. The van der Waals surface area contributed by atoms with Crippen molar-refractivity contribution >= 4 is 23.4 Å². The van der Waals surface area contributed by atoms with Gasteiger partial charge in [0, 0.05) is 12.1 Å². The highest BCUT2D eigenvalue weighted by Crippen LogP contribution is 2.18. The van der Waals surface area contributed by atoms with E-state index in [0.717, 1.165) is 23.1 Å². The molecule has 1 saturated heterocycles. The fourth-order valence-electron chi connectivity index (χ4n) is 1.74. The zero-order chi connectivity index (χ0) is 14.9. The molecule has 0 unspecified atom stereocenters. The number of nitro benzene ring substituents is 1. The van der Waals surface area contributed by atoms with E-state index in [1.165, 1.54) is 0 Å². The Hall–Kier alpha value is -2.84. The molecular formula is C11H8FN3O5. The molecule has 104 valence electrons. The third-order valence-electron chi connectivity index (χ3n) is 2.63. The topological polar surface area (TPSA) is 110 Å². The number of piperazine rings is 1. The molecule has 0 aromatic heterocycles. The summed E-state index contributed by atoms with van der Waals surface area (Å²) in [6, 6.07) is 2.48. The number of nitro groups is 1. The summed E-state index contributed by atoms with van der Waals surface area (Å²) >= 11 is 0. The number of carbonyl (C=O) groups excluding carboxylic acids is 3. The maximum atomic E-state index is 13.6. The molecule has 1 aliphatic heterocycles. The molecule has 0 atom stereocenters. The average Bonchev–Trinajstić information content (AvgIpc) is 2.37. The molecule has 1 N–H and O–H groups in total. The minimum absolute atomic E-state index is 0.410. The van der Waals surface area contributed by atoms with Crippen molar-refractivity contribution in [1.29, 1.82) is 0 Å². The van der Waals surface area contributed by atoms with Crippen LogP contribution < -0.4 is 5.32 Å². The summed E-state index contributed by atoms with van der Waals surface area (Å²) in [7, 11) is 0. The highest BCUT2D eigenvalue weighted by Gasteiger charge is 2.29. The summed E-state index contributed by atoms with van der Waals surface area (Å²) in [5.74, 6) is -3.30. The number of nitrogens with zero attached hydrogens (tertiary/aromatic N) is 2. The van der Waals surface area contributed by atoms with Gasteiger partial charge in [0.25, 0.3) is 11.6 Å². The van der Waals surface area contributed by atoms with Crippen molar-refractivity contribution in [3.8, 4) is 0 Å². The smallest absolute Gasteiger partial charge is 0.270 e. The number of benzene rings is 1. The molecule has 1 aromatic rings. The first kappa shape index (κ1) is 13.6. The molecule has 0 bridgehead atoms. The number of imide groups is 1. The number of hydrogen-bond donors (Lipinski definition) is 1. The molecule has 20 heavy (non-hydrogen) atoms. The van der Waals surface area contributed by atoms with Crippen molar-refractivity contribution in [1.82, 2.24) is 10.2 Å².